The van der Waals surface area contributed by atoms with Gasteiger partial charge in [-0.2, -0.15) is 0 Å². The highest BCUT2D eigenvalue weighted by Crippen LogP contribution is 2.23. The Morgan fingerprint density at radius 1 is 1.37 bits per heavy atom. The fraction of sp³-hybridized carbons (Fsp3) is 0. The van der Waals surface area contributed by atoms with E-state index in [-0.39, 0.29) is 16.3 Å². The van der Waals surface area contributed by atoms with Crippen molar-refractivity contribution in [3.05, 3.63) is 63.4 Å². The van der Waals surface area contributed by atoms with Crippen LogP contribution in [0.3, 0.4) is 0 Å². The first kappa shape index (κ1) is 13.0. The molecular weight excluding hydrogens is 270 g/mol. The van der Waals surface area contributed by atoms with Crippen LogP contribution in [0.1, 0.15) is 10.4 Å². The smallest absolute Gasteiger partial charge is 0.282 e. The van der Waals surface area contributed by atoms with Gasteiger partial charge in [0.05, 0.1) is 16.8 Å². The van der Waals surface area contributed by atoms with Crippen LogP contribution in [0.5, 0.6) is 0 Å². The average molecular weight is 278 g/mol. The number of nitrogens with zero attached hydrogens (tertiary/aromatic N) is 2. The molecule has 1 aromatic heterocycles. The summed E-state index contributed by atoms with van der Waals surface area (Å²) in [6.07, 6.45) is 2.99. The predicted octanol–water partition coefficient (Wildman–Crippen LogP) is 2.90. The number of benzene rings is 1. The van der Waals surface area contributed by atoms with E-state index < -0.39 is 10.8 Å². The number of halogens is 1. The number of rotatable bonds is 3. The second kappa shape index (κ2) is 5.45. The SMILES string of the molecule is O=C(Nc1cccnc1)c1cc(Cl)ccc1[N+](=O)[O-]. The minimum atomic E-state index is -0.630. The maximum Gasteiger partial charge on any atom is 0.282 e. The highest BCUT2D eigenvalue weighted by Gasteiger charge is 2.20. The van der Waals surface area contributed by atoms with Gasteiger partial charge in [-0.05, 0) is 24.3 Å². The molecule has 1 heterocycles. The third kappa shape index (κ3) is 3.05. The summed E-state index contributed by atoms with van der Waals surface area (Å²) in [4.78, 5) is 26.1. The Bertz CT molecular complexity index is 631. The zero-order valence-corrected chi connectivity index (χ0v) is 10.3. The van der Waals surface area contributed by atoms with Crippen molar-refractivity contribution in [2.75, 3.05) is 5.32 Å². The second-order valence-corrected chi connectivity index (χ2v) is 4.05. The summed E-state index contributed by atoms with van der Waals surface area (Å²) >= 11 is 5.75. The summed E-state index contributed by atoms with van der Waals surface area (Å²) in [5.41, 5.74) is 0.0499. The van der Waals surface area contributed by atoms with E-state index in [1.165, 1.54) is 24.4 Å². The van der Waals surface area contributed by atoms with Gasteiger partial charge in [0.25, 0.3) is 11.6 Å². The normalized spacial score (nSPS) is 9.95. The van der Waals surface area contributed by atoms with Gasteiger partial charge in [-0.15, -0.1) is 0 Å². The van der Waals surface area contributed by atoms with Gasteiger partial charge < -0.3 is 5.32 Å². The summed E-state index contributed by atoms with van der Waals surface area (Å²) in [5, 5.41) is 13.6. The van der Waals surface area contributed by atoms with E-state index in [0.717, 1.165) is 0 Å². The Morgan fingerprint density at radius 3 is 2.79 bits per heavy atom. The highest BCUT2D eigenvalue weighted by atomic mass is 35.5. The molecule has 6 nitrogen and oxygen atoms in total. The summed E-state index contributed by atoms with van der Waals surface area (Å²) in [6.45, 7) is 0. The minimum absolute atomic E-state index is 0.0960. The molecule has 0 aliphatic rings. The van der Waals surface area contributed by atoms with Gasteiger partial charge in [0.15, 0.2) is 0 Å². The zero-order chi connectivity index (χ0) is 13.8. The molecule has 0 radical (unpaired) electrons. The molecular formula is C12H8ClN3O3. The summed E-state index contributed by atoms with van der Waals surface area (Å²) in [6, 6.07) is 7.08. The maximum absolute atomic E-state index is 12.0. The van der Waals surface area contributed by atoms with E-state index in [9.17, 15) is 14.9 Å². The first-order valence-corrected chi connectivity index (χ1v) is 5.61. The summed E-state index contributed by atoms with van der Waals surface area (Å²) in [5.74, 6) is -0.609. The van der Waals surface area contributed by atoms with Crippen molar-refractivity contribution in [2.45, 2.75) is 0 Å². The Morgan fingerprint density at radius 2 is 2.16 bits per heavy atom. The molecule has 0 fully saturated rings. The predicted molar refractivity (Wildman–Crippen MR) is 70.3 cm³/mol. The first-order valence-electron chi connectivity index (χ1n) is 5.23. The molecule has 0 atom stereocenters. The van der Waals surface area contributed by atoms with Gasteiger partial charge in [0, 0.05) is 17.3 Å². The number of anilines is 1. The Hall–Kier alpha value is -2.47. The minimum Gasteiger partial charge on any atom is -0.320 e. The number of hydrogen-bond donors (Lipinski definition) is 1. The van der Waals surface area contributed by atoms with E-state index in [1.807, 2.05) is 0 Å². The number of hydrogen-bond acceptors (Lipinski definition) is 4. The van der Waals surface area contributed by atoms with Crippen molar-refractivity contribution in [2.24, 2.45) is 0 Å². The van der Waals surface area contributed by atoms with E-state index >= 15 is 0 Å². The van der Waals surface area contributed by atoms with Crippen LogP contribution >= 0.6 is 11.6 Å². The standard InChI is InChI=1S/C12H8ClN3O3/c13-8-3-4-11(16(18)19)10(6-8)12(17)15-9-2-1-5-14-7-9/h1-7H,(H,15,17). The number of nitro groups is 1. The summed E-state index contributed by atoms with van der Waals surface area (Å²) < 4.78 is 0. The van der Waals surface area contributed by atoms with Gasteiger partial charge in [-0.25, -0.2) is 0 Å². The Kier molecular flexibility index (Phi) is 3.72. The Labute approximate surface area is 113 Å². The number of amides is 1. The fourth-order valence-corrected chi connectivity index (χ4v) is 1.66. The van der Waals surface area contributed by atoms with E-state index in [0.29, 0.717) is 5.69 Å². The molecule has 0 spiro atoms. The van der Waals surface area contributed by atoms with Crippen LogP contribution in [0.4, 0.5) is 11.4 Å². The van der Waals surface area contributed by atoms with Crippen molar-refractivity contribution in [1.82, 2.24) is 4.98 Å². The van der Waals surface area contributed by atoms with Crippen LogP contribution in [-0.2, 0) is 0 Å². The largest absolute Gasteiger partial charge is 0.320 e. The molecule has 1 aromatic carbocycles. The lowest BCUT2D eigenvalue weighted by molar-refractivity contribution is -0.385. The first-order chi connectivity index (χ1) is 9.08. The molecule has 0 saturated carbocycles. The average Bonchev–Trinajstić information content (AvgIpc) is 2.39. The van der Waals surface area contributed by atoms with Gasteiger partial charge in [0.2, 0.25) is 0 Å². The van der Waals surface area contributed by atoms with E-state index in [1.54, 1.807) is 18.3 Å². The van der Waals surface area contributed by atoms with Crippen LogP contribution in [0.15, 0.2) is 42.7 Å². The van der Waals surface area contributed by atoms with Crippen molar-refractivity contribution in [1.29, 1.82) is 0 Å². The zero-order valence-electron chi connectivity index (χ0n) is 9.54. The lowest BCUT2D eigenvalue weighted by Crippen LogP contribution is -2.14. The van der Waals surface area contributed by atoms with Gasteiger partial charge in [-0.1, -0.05) is 11.6 Å². The third-order valence-corrected chi connectivity index (χ3v) is 2.55. The number of aromatic nitrogens is 1. The number of pyridine rings is 1. The van der Waals surface area contributed by atoms with Crippen LogP contribution < -0.4 is 5.32 Å². The topological polar surface area (TPSA) is 85.1 Å². The van der Waals surface area contributed by atoms with Gasteiger partial charge >= 0.3 is 0 Å². The van der Waals surface area contributed by atoms with Crippen LogP contribution in [0.2, 0.25) is 5.02 Å². The van der Waals surface area contributed by atoms with E-state index in [4.69, 9.17) is 11.6 Å². The number of nitrogens with one attached hydrogen (secondary N) is 1. The molecule has 0 unspecified atom stereocenters. The third-order valence-electron chi connectivity index (χ3n) is 2.32. The monoisotopic (exact) mass is 277 g/mol. The maximum atomic E-state index is 12.0. The second-order valence-electron chi connectivity index (χ2n) is 3.61. The van der Waals surface area contributed by atoms with Gasteiger partial charge in [0.1, 0.15) is 5.56 Å². The van der Waals surface area contributed by atoms with E-state index in [2.05, 4.69) is 10.3 Å². The molecule has 7 heteroatoms. The molecule has 19 heavy (non-hydrogen) atoms. The molecule has 1 N–H and O–H groups in total. The molecule has 0 bridgehead atoms. The fourth-order valence-electron chi connectivity index (χ4n) is 1.48. The van der Waals surface area contributed by atoms with Crippen molar-refractivity contribution >= 4 is 28.9 Å². The van der Waals surface area contributed by atoms with Gasteiger partial charge in [-0.3, -0.25) is 19.9 Å². The number of carbonyl (C=O) groups is 1. The lowest BCUT2D eigenvalue weighted by atomic mass is 10.1. The quantitative estimate of drug-likeness (QED) is 0.690. The molecule has 1 amide bonds. The molecule has 0 aliphatic heterocycles. The number of carbonyl (C=O) groups excluding carboxylic acids is 1. The van der Waals surface area contributed by atoms with Crippen molar-refractivity contribution in [3.8, 4) is 0 Å². The summed E-state index contributed by atoms with van der Waals surface area (Å²) in [7, 11) is 0. The lowest BCUT2D eigenvalue weighted by Gasteiger charge is -2.05. The highest BCUT2D eigenvalue weighted by molar-refractivity contribution is 6.31. The van der Waals surface area contributed by atoms with Crippen LogP contribution in [-0.4, -0.2) is 15.8 Å². The molecule has 2 aromatic rings. The van der Waals surface area contributed by atoms with Crippen molar-refractivity contribution < 1.29 is 9.72 Å². The molecule has 0 saturated heterocycles. The number of nitro benzene ring substituents is 1. The molecule has 96 valence electrons. The molecule has 0 aliphatic carbocycles. The van der Waals surface area contributed by atoms with Crippen LogP contribution in [0, 0.1) is 10.1 Å². The van der Waals surface area contributed by atoms with Crippen LogP contribution in [0.25, 0.3) is 0 Å². The Balaban J connectivity index is 2.33. The van der Waals surface area contributed by atoms with Crippen molar-refractivity contribution in [3.63, 3.8) is 0 Å². The molecule has 2 rings (SSSR count).